The van der Waals surface area contributed by atoms with Crippen molar-refractivity contribution in [2.45, 2.75) is 31.7 Å². The molecule has 1 aliphatic carbocycles. The summed E-state index contributed by atoms with van der Waals surface area (Å²) in [5.74, 6) is 0.988. The molecule has 0 radical (unpaired) electrons. The number of halogens is 1. The molecule has 3 atom stereocenters. The molecule has 0 heterocycles. The molecule has 1 saturated carbocycles. The van der Waals surface area contributed by atoms with Crippen molar-refractivity contribution < 1.29 is 4.39 Å². The summed E-state index contributed by atoms with van der Waals surface area (Å²) in [6.45, 7) is 2.25. The van der Waals surface area contributed by atoms with E-state index in [0.717, 1.165) is 12.0 Å². The lowest BCUT2D eigenvalue weighted by atomic mass is 9.89. The van der Waals surface area contributed by atoms with Crippen LogP contribution in [0.15, 0.2) is 24.3 Å². The van der Waals surface area contributed by atoms with Crippen LogP contribution >= 0.6 is 0 Å². The Labute approximate surface area is 90.7 Å². The second-order valence-electron chi connectivity index (χ2n) is 4.49. The number of nitrogens with one attached hydrogen (secondary N) is 1. The van der Waals surface area contributed by atoms with Crippen LogP contribution in [0.5, 0.6) is 0 Å². The monoisotopic (exact) mass is 207 g/mol. The van der Waals surface area contributed by atoms with Gasteiger partial charge in [-0.15, -0.1) is 0 Å². The molecule has 1 nitrogen and oxygen atoms in total. The van der Waals surface area contributed by atoms with Crippen LogP contribution in [0.1, 0.15) is 31.2 Å². The first-order valence-electron chi connectivity index (χ1n) is 5.65. The van der Waals surface area contributed by atoms with E-state index < -0.39 is 0 Å². The van der Waals surface area contributed by atoms with E-state index in [9.17, 15) is 4.39 Å². The van der Waals surface area contributed by atoms with Crippen LogP contribution in [0, 0.1) is 11.7 Å². The summed E-state index contributed by atoms with van der Waals surface area (Å²) in [6.07, 6.45) is 2.36. The predicted octanol–water partition coefficient (Wildman–Crippen LogP) is 2.93. The van der Waals surface area contributed by atoms with Crippen molar-refractivity contribution in [3.05, 3.63) is 35.6 Å². The van der Waals surface area contributed by atoms with Crippen LogP contribution < -0.4 is 5.32 Å². The van der Waals surface area contributed by atoms with Crippen LogP contribution in [0.25, 0.3) is 0 Å². The van der Waals surface area contributed by atoms with Crippen LogP contribution in [0.2, 0.25) is 0 Å². The second-order valence-corrected chi connectivity index (χ2v) is 4.49. The zero-order valence-corrected chi connectivity index (χ0v) is 9.33. The Bertz CT molecular complexity index is 337. The molecule has 0 spiro atoms. The summed E-state index contributed by atoms with van der Waals surface area (Å²) in [5.41, 5.74) is 1.15. The Morgan fingerprint density at radius 2 is 2.13 bits per heavy atom. The average Bonchev–Trinajstić information content (AvgIpc) is 2.59. The molecule has 2 rings (SSSR count). The number of hydrogen-bond acceptors (Lipinski definition) is 1. The summed E-state index contributed by atoms with van der Waals surface area (Å²) in [4.78, 5) is 0. The molecule has 0 saturated heterocycles. The van der Waals surface area contributed by atoms with Crippen LogP contribution in [-0.2, 0) is 0 Å². The molecule has 1 aliphatic rings. The largest absolute Gasteiger partial charge is 0.317 e. The first kappa shape index (κ1) is 10.6. The molecule has 0 amide bonds. The van der Waals surface area contributed by atoms with Crippen molar-refractivity contribution in [2.24, 2.45) is 5.92 Å². The van der Waals surface area contributed by atoms with Gasteiger partial charge in [0.1, 0.15) is 5.82 Å². The van der Waals surface area contributed by atoms with Crippen molar-refractivity contribution >= 4 is 0 Å². The van der Waals surface area contributed by atoms with E-state index in [-0.39, 0.29) is 5.82 Å². The average molecular weight is 207 g/mol. The minimum absolute atomic E-state index is 0.118. The van der Waals surface area contributed by atoms with E-state index >= 15 is 0 Å². The smallest absolute Gasteiger partial charge is 0.123 e. The molecular weight excluding hydrogens is 189 g/mol. The topological polar surface area (TPSA) is 12.0 Å². The molecule has 0 aliphatic heterocycles. The first-order chi connectivity index (χ1) is 7.22. The van der Waals surface area contributed by atoms with Crippen LogP contribution in [0.3, 0.4) is 0 Å². The zero-order valence-electron chi connectivity index (χ0n) is 9.33. The van der Waals surface area contributed by atoms with E-state index in [2.05, 4.69) is 12.2 Å². The maximum atomic E-state index is 13.1. The molecule has 1 aromatic rings. The van der Waals surface area contributed by atoms with Gasteiger partial charge in [0.15, 0.2) is 0 Å². The van der Waals surface area contributed by atoms with Crippen molar-refractivity contribution in [2.75, 3.05) is 7.05 Å². The SMILES string of the molecule is CNC1CCC(c2cccc(F)c2)C1C. The molecule has 0 bridgehead atoms. The molecule has 82 valence electrons. The van der Waals surface area contributed by atoms with E-state index in [1.54, 1.807) is 6.07 Å². The lowest BCUT2D eigenvalue weighted by Gasteiger charge is -2.20. The highest BCUT2D eigenvalue weighted by atomic mass is 19.1. The van der Waals surface area contributed by atoms with Crippen LogP contribution in [0.4, 0.5) is 4.39 Å². The van der Waals surface area contributed by atoms with E-state index in [1.165, 1.54) is 12.5 Å². The summed E-state index contributed by atoms with van der Waals surface area (Å²) >= 11 is 0. The Kier molecular flexibility index (Phi) is 3.06. The predicted molar refractivity (Wildman–Crippen MR) is 60.4 cm³/mol. The van der Waals surface area contributed by atoms with Gasteiger partial charge in [-0.1, -0.05) is 19.1 Å². The first-order valence-corrected chi connectivity index (χ1v) is 5.65. The highest BCUT2D eigenvalue weighted by molar-refractivity contribution is 5.23. The molecule has 1 aromatic carbocycles. The Hall–Kier alpha value is -0.890. The second kappa shape index (κ2) is 4.31. The maximum Gasteiger partial charge on any atom is 0.123 e. The molecule has 2 heteroatoms. The quantitative estimate of drug-likeness (QED) is 0.786. The summed E-state index contributed by atoms with van der Waals surface area (Å²) < 4.78 is 13.1. The van der Waals surface area contributed by atoms with Crippen molar-refractivity contribution in [1.29, 1.82) is 0 Å². The summed E-state index contributed by atoms with van der Waals surface area (Å²) in [7, 11) is 2.01. The molecular formula is C13H18FN. The molecule has 1 N–H and O–H groups in total. The normalized spacial score (nSPS) is 30.7. The Balaban J connectivity index is 2.18. The van der Waals surface area contributed by atoms with Gasteiger partial charge in [0.2, 0.25) is 0 Å². The van der Waals surface area contributed by atoms with Gasteiger partial charge in [0.25, 0.3) is 0 Å². The lowest BCUT2D eigenvalue weighted by molar-refractivity contribution is 0.428. The van der Waals surface area contributed by atoms with Gasteiger partial charge in [0, 0.05) is 6.04 Å². The minimum Gasteiger partial charge on any atom is -0.317 e. The third kappa shape index (κ3) is 2.05. The standard InChI is InChI=1S/C13H18FN/c1-9-12(6-7-13(9)15-2)10-4-3-5-11(14)8-10/h3-5,8-9,12-13,15H,6-7H2,1-2H3. The van der Waals surface area contributed by atoms with Gasteiger partial charge >= 0.3 is 0 Å². The minimum atomic E-state index is -0.118. The number of hydrogen-bond donors (Lipinski definition) is 1. The van der Waals surface area contributed by atoms with Crippen molar-refractivity contribution in [1.82, 2.24) is 5.32 Å². The van der Waals surface area contributed by atoms with E-state index in [4.69, 9.17) is 0 Å². The van der Waals surface area contributed by atoms with Gasteiger partial charge in [-0.2, -0.15) is 0 Å². The highest BCUT2D eigenvalue weighted by Gasteiger charge is 2.32. The fourth-order valence-corrected chi connectivity index (χ4v) is 2.78. The van der Waals surface area contributed by atoms with Gasteiger partial charge in [-0.25, -0.2) is 4.39 Å². The summed E-state index contributed by atoms with van der Waals surface area (Å²) in [6, 6.07) is 7.63. The fourth-order valence-electron chi connectivity index (χ4n) is 2.78. The molecule has 15 heavy (non-hydrogen) atoms. The fraction of sp³-hybridized carbons (Fsp3) is 0.538. The Morgan fingerprint density at radius 1 is 1.33 bits per heavy atom. The van der Waals surface area contributed by atoms with E-state index in [1.807, 2.05) is 19.2 Å². The zero-order chi connectivity index (χ0) is 10.8. The van der Waals surface area contributed by atoms with Crippen LogP contribution in [-0.4, -0.2) is 13.1 Å². The Morgan fingerprint density at radius 3 is 2.73 bits per heavy atom. The van der Waals surface area contributed by atoms with Gasteiger partial charge in [0.05, 0.1) is 0 Å². The third-order valence-corrected chi connectivity index (χ3v) is 3.71. The molecule has 1 fully saturated rings. The maximum absolute atomic E-state index is 13.1. The number of benzene rings is 1. The molecule has 0 aromatic heterocycles. The van der Waals surface area contributed by atoms with Gasteiger partial charge in [-0.05, 0) is 49.4 Å². The highest BCUT2D eigenvalue weighted by Crippen LogP contribution is 2.39. The summed E-state index contributed by atoms with van der Waals surface area (Å²) in [5, 5.41) is 3.33. The molecule has 3 unspecified atom stereocenters. The lowest BCUT2D eigenvalue weighted by Crippen LogP contribution is -2.28. The van der Waals surface area contributed by atoms with Crippen molar-refractivity contribution in [3.63, 3.8) is 0 Å². The van der Waals surface area contributed by atoms with Gasteiger partial charge in [-0.3, -0.25) is 0 Å². The van der Waals surface area contributed by atoms with E-state index in [0.29, 0.717) is 17.9 Å². The third-order valence-electron chi connectivity index (χ3n) is 3.71. The van der Waals surface area contributed by atoms with Crippen molar-refractivity contribution in [3.8, 4) is 0 Å². The number of rotatable bonds is 2. The van der Waals surface area contributed by atoms with Gasteiger partial charge < -0.3 is 5.32 Å².